The fourth-order valence-corrected chi connectivity index (χ4v) is 5.73. The van der Waals surface area contributed by atoms with Crippen LogP contribution in [-0.4, -0.2) is 48.1 Å². The van der Waals surface area contributed by atoms with E-state index < -0.39 is 0 Å². The molecule has 0 saturated carbocycles. The van der Waals surface area contributed by atoms with Crippen molar-refractivity contribution in [3.05, 3.63) is 95.3 Å². The molecular weight excluding hydrogens is 462 g/mol. The molecule has 1 aromatic heterocycles. The summed E-state index contributed by atoms with van der Waals surface area (Å²) in [5, 5.41) is 0.557. The lowest BCUT2D eigenvalue weighted by atomic mass is 10.1. The first-order valence-electron chi connectivity index (χ1n) is 11.7. The molecule has 3 heterocycles. The molecule has 3 aromatic rings. The zero-order chi connectivity index (χ0) is 23.5. The van der Waals surface area contributed by atoms with Crippen molar-refractivity contribution in [1.29, 1.82) is 0 Å². The van der Waals surface area contributed by atoms with Gasteiger partial charge in [0, 0.05) is 61.5 Å². The molecule has 2 saturated heterocycles. The van der Waals surface area contributed by atoms with Crippen molar-refractivity contribution in [2.45, 2.75) is 23.8 Å². The van der Waals surface area contributed by atoms with Gasteiger partial charge in [0.2, 0.25) is 0 Å². The molecule has 7 heteroatoms. The third-order valence-corrected chi connectivity index (χ3v) is 7.63. The van der Waals surface area contributed by atoms with Crippen molar-refractivity contribution in [3.63, 3.8) is 0 Å². The number of piperazine rings is 1. The van der Waals surface area contributed by atoms with Crippen molar-refractivity contribution in [1.82, 2.24) is 9.29 Å². The lowest BCUT2D eigenvalue weighted by Gasteiger charge is -2.34. The highest BCUT2D eigenvalue weighted by molar-refractivity contribution is 7.97. The van der Waals surface area contributed by atoms with Gasteiger partial charge in [-0.2, -0.15) is 0 Å². The highest BCUT2D eigenvalue weighted by Crippen LogP contribution is 2.31. The summed E-state index contributed by atoms with van der Waals surface area (Å²) in [6, 6.07) is 23.5. The number of anilines is 2. The molecule has 0 amide bonds. The van der Waals surface area contributed by atoms with E-state index in [0.717, 1.165) is 57.1 Å². The highest BCUT2D eigenvalue weighted by Gasteiger charge is 2.24. The smallest absolute Gasteiger partial charge is 0.131 e. The van der Waals surface area contributed by atoms with E-state index >= 15 is 0 Å². The third kappa shape index (κ3) is 5.58. The molecule has 2 N–H and O–H groups in total. The Hall–Kier alpha value is -2.51. The second-order valence-electron chi connectivity index (χ2n) is 8.96. The Kier molecular flexibility index (Phi) is 7.11. The summed E-state index contributed by atoms with van der Waals surface area (Å²) in [5.41, 5.74) is 10.8. The van der Waals surface area contributed by atoms with E-state index in [1.54, 1.807) is 0 Å². The van der Waals surface area contributed by atoms with Gasteiger partial charge in [-0.15, -0.1) is 0 Å². The molecule has 0 aliphatic carbocycles. The predicted molar refractivity (Wildman–Crippen MR) is 144 cm³/mol. The van der Waals surface area contributed by atoms with Gasteiger partial charge < -0.3 is 15.5 Å². The molecule has 1 unspecified atom stereocenters. The minimum atomic E-state index is 0.182. The Labute approximate surface area is 211 Å². The summed E-state index contributed by atoms with van der Waals surface area (Å²) in [5.74, 6) is 0.969. The van der Waals surface area contributed by atoms with Crippen LogP contribution in [0.15, 0.2) is 83.9 Å². The van der Waals surface area contributed by atoms with Crippen LogP contribution < -0.4 is 15.5 Å². The van der Waals surface area contributed by atoms with Gasteiger partial charge in [0.15, 0.2) is 0 Å². The van der Waals surface area contributed by atoms with E-state index in [-0.39, 0.29) is 6.04 Å². The number of pyridine rings is 1. The van der Waals surface area contributed by atoms with Gasteiger partial charge in [-0.05, 0) is 65.9 Å². The molecule has 1 atom stereocenters. The number of benzene rings is 2. The molecule has 176 valence electrons. The van der Waals surface area contributed by atoms with Crippen LogP contribution in [0.5, 0.6) is 0 Å². The average Bonchev–Trinajstić information content (AvgIpc) is 3.18. The highest BCUT2D eigenvalue weighted by atomic mass is 35.5. The first-order chi connectivity index (χ1) is 16.5. The largest absolute Gasteiger partial charge is 0.354 e. The van der Waals surface area contributed by atoms with Gasteiger partial charge in [-0.25, -0.2) is 9.29 Å². The number of rotatable bonds is 6. The van der Waals surface area contributed by atoms with Crippen molar-refractivity contribution < 1.29 is 0 Å². The summed E-state index contributed by atoms with van der Waals surface area (Å²) in [4.78, 5) is 10.4. The summed E-state index contributed by atoms with van der Waals surface area (Å²) in [7, 11) is 0. The summed E-state index contributed by atoms with van der Waals surface area (Å²) in [6.07, 6.45) is 1.73. The Balaban J connectivity index is 1.17. The van der Waals surface area contributed by atoms with E-state index in [1.807, 2.05) is 24.1 Å². The maximum atomic E-state index is 6.38. The number of hydrogen-bond acceptors (Lipinski definition) is 6. The van der Waals surface area contributed by atoms with Gasteiger partial charge in [0.1, 0.15) is 11.0 Å². The summed E-state index contributed by atoms with van der Waals surface area (Å²) >= 11 is 8.20. The number of hydrogen-bond donors (Lipinski definition) is 1. The minimum absolute atomic E-state index is 0.182. The zero-order valence-electron chi connectivity index (χ0n) is 19.2. The maximum Gasteiger partial charge on any atom is 0.131 e. The molecule has 2 fully saturated rings. The molecule has 5 nitrogen and oxygen atoms in total. The first kappa shape index (κ1) is 23.2. The fourth-order valence-electron chi connectivity index (χ4n) is 4.60. The maximum absolute atomic E-state index is 6.38. The summed E-state index contributed by atoms with van der Waals surface area (Å²) < 4.78 is 2.42. The first-order valence-corrected chi connectivity index (χ1v) is 12.9. The van der Waals surface area contributed by atoms with Crippen LogP contribution in [0, 0.1) is 0 Å². The van der Waals surface area contributed by atoms with Gasteiger partial charge in [-0.3, -0.25) is 0 Å². The van der Waals surface area contributed by atoms with Gasteiger partial charge in [0.25, 0.3) is 0 Å². The number of nitrogens with two attached hydrogens (primary N) is 1. The van der Waals surface area contributed by atoms with Crippen molar-refractivity contribution in [2.75, 3.05) is 42.5 Å². The van der Waals surface area contributed by atoms with Crippen LogP contribution in [0.1, 0.15) is 17.5 Å². The van der Waals surface area contributed by atoms with Crippen LogP contribution in [0.4, 0.5) is 11.5 Å². The van der Waals surface area contributed by atoms with Gasteiger partial charge >= 0.3 is 0 Å². The van der Waals surface area contributed by atoms with E-state index in [1.165, 1.54) is 21.7 Å². The van der Waals surface area contributed by atoms with Crippen LogP contribution in [0.3, 0.4) is 0 Å². The Bertz CT molecular complexity index is 1130. The molecule has 2 aromatic carbocycles. The quantitative estimate of drug-likeness (QED) is 0.377. The lowest BCUT2D eigenvalue weighted by molar-refractivity contribution is 0.428. The van der Waals surface area contributed by atoms with Crippen molar-refractivity contribution in [3.8, 4) is 0 Å². The number of aromatic nitrogens is 1. The van der Waals surface area contributed by atoms with Crippen LogP contribution in [-0.2, 0) is 6.42 Å². The third-order valence-electron chi connectivity index (χ3n) is 6.33. The minimum Gasteiger partial charge on any atom is -0.354 e. The van der Waals surface area contributed by atoms with E-state index in [0.29, 0.717) is 5.15 Å². The van der Waals surface area contributed by atoms with Crippen LogP contribution >= 0.6 is 23.5 Å². The van der Waals surface area contributed by atoms with Gasteiger partial charge in [0.05, 0.1) is 0 Å². The molecule has 0 spiro atoms. The van der Waals surface area contributed by atoms with E-state index in [9.17, 15) is 0 Å². The topological polar surface area (TPSA) is 48.6 Å². The standard InChI is InChI=1S/C27H30ClN5S/c1-20-15-23(29)19-33(20)24-7-9-25(10-8-24)34-32-13-11-31(12-14-32)27-18-22(17-26(28)30-27)16-21-5-3-2-4-6-21/h2-10,17-18,23H,1,11-16,19,29H2. The lowest BCUT2D eigenvalue weighted by Crippen LogP contribution is -2.43. The number of halogens is 1. The monoisotopic (exact) mass is 491 g/mol. The fraction of sp³-hybridized carbons (Fsp3) is 0.296. The van der Waals surface area contributed by atoms with E-state index in [2.05, 4.69) is 80.3 Å². The van der Waals surface area contributed by atoms with Crippen molar-refractivity contribution in [2.24, 2.45) is 5.73 Å². The molecule has 0 bridgehead atoms. The second kappa shape index (κ2) is 10.4. The van der Waals surface area contributed by atoms with Gasteiger partial charge in [-0.1, -0.05) is 48.5 Å². The summed E-state index contributed by atoms with van der Waals surface area (Å²) in [6.45, 7) is 8.78. The van der Waals surface area contributed by atoms with Crippen LogP contribution in [0.2, 0.25) is 5.15 Å². The molecule has 2 aliphatic rings. The molecular formula is C27H30ClN5S. The Morgan fingerprint density at radius 1 is 0.971 bits per heavy atom. The Morgan fingerprint density at radius 3 is 2.38 bits per heavy atom. The van der Waals surface area contributed by atoms with Crippen molar-refractivity contribution >= 4 is 35.1 Å². The molecule has 0 radical (unpaired) electrons. The molecule has 5 rings (SSSR count). The van der Waals surface area contributed by atoms with E-state index in [4.69, 9.17) is 17.3 Å². The zero-order valence-corrected chi connectivity index (χ0v) is 20.8. The predicted octanol–water partition coefficient (Wildman–Crippen LogP) is 5.21. The van der Waals surface area contributed by atoms with Crippen LogP contribution in [0.25, 0.3) is 0 Å². The second-order valence-corrected chi connectivity index (χ2v) is 10.5. The molecule has 34 heavy (non-hydrogen) atoms. The number of nitrogens with zero attached hydrogens (tertiary/aromatic N) is 4. The Morgan fingerprint density at radius 2 is 1.71 bits per heavy atom. The molecule has 2 aliphatic heterocycles. The SMILES string of the molecule is C=C1CC(N)CN1c1ccc(SN2CCN(c3cc(Cc4ccccc4)cc(Cl)n3)CC2)cc1. The normalized spacial score (nSPS) is 19.1. The average molecular weight is 492 g/mol.